The lowest BCUT2D eigenvalue weighted by atomic mass is 9.89. The van der Waals surface area contributed by atoms with Crippen molar-refractivity contribution < 1.29 is 0 Å². The van der Waals surface area contributed by atoms with Crippen molar-refractivity contribution in [3.05, 3.63) is 46.0 Å². The lowest BCUT2D eigenvalue weighted by Gasteiger charge is -2.24. The molecule has 0 aromatic heterocycles. The largest absolute Gasteiger partial charge is 0.310 e. The third-order valence-corrected chi connectivity index (χ3v) is 4.27. The van der Waals surface area contributed by atoms with Crippen molar-refractivity contribution in [3.8, 4) is 0 Å². The second kappa shape index (κ2) is 7.12. The summed E-state index contributed by atoms with van der Waals surface area (Å²) in [7, 11) is 2.05. The topological polar surface area (TPSA) is 12.0 Å². The second-order valence-corrected chi connectivity index (χ2v) is 5.89. The number of benzene rings is 1. The number of allylic oxidation sites excluding steroid dienone is 1. The monoisotopic (exact) mass is 277 g/mol. The Morgan fingerprint density at radius 1 is 1.16 bits per heavy atom. The molecule has 0 radical (unpaired) electrons. The van der Waals surface area contributed by atoms with Crippen molar-refractivity contribution in [2.45, 2.75) is 51.5 Å². The average Bonchev–Trinajstić information content (AvgIpc) is 2.36. The molecule has 0 heterocycles. The van der Waals surface area contributed by atoms with Gasteiger partial charge in [0.25, 0.3) is 0 Å². The Labute approximate surface area is 122 Å². The molecule has 19 heavy (non-hydrogen) atoms. The standard InChI is InChI=1S/C17H24ClN/c1-13-10-11-15(18)12-16(13)17(19-2)14-8-6-4-3-5-7-9-14/h8,10-12,17,19H,3-7,9H2,1-2H3/b14-8+. The first-order chi connectivity index (χ1) is 9.22. The van der Waals surface area contributed by atoms with Gasteiger partial charge in [-0.3, -0.25) is 0 Å². The second-order valence-electron chi connectivity index (χ2n) is 5.45. The molecule has 2 rings (SSSR count). The molecule has 1 aromatic rings. The molecule has 0 amide bonds. The molecule has 1 aliphatic carbocycles. The maximum Gasteiger partial charge on any atom is 0.0536 e. The van der Waals surface area contributed by atoms with Crippen molar-refractivity contribution in [3.63, 3.8) is 0 Å². The zero-order valence-corrected chi connectivity index (χ0v) is 12.8. The van der Waals surface area contributed by atoms with Crippen LogP contribution in [0.15, 0.2) is 29.8 Å². The maximum atomic E-state index is 6.17. The van der Waals surface area contributed by atoms with Crippen molar-refractivity contribution in [1.29, 1.82) is 0 Å². The van der Waals surface area contributed by atoms with E-state index in [1.165, 1.54) is 55.2 Å². The fourth-order valence-electron chi connectivity index (χ4n) is 2.94. The van der Waals surface area contributed by atoms with Gasteiger partial charge in [0.05, 0.1) is 6.04 Å². The van der Waals surface area contributed by atoms with E-state index in [1.54, 1.807) is 0 Å². The summed E-state index contributed by atoms with van der Waals surface area (Å²) in [5.41, 5.74) is 4.17. The van der Waals surface area contributed by atoms with Crippen LogP contribution in [0.3, 0.4) is 0 Å². The van der Waals surface area contributed by atoms with E-state index in [1.807, 2.05) is 13.1 Å². The molecule has 1 N–H and O–H groups in total. The minimum Gasteiger partial charge on any atom is -0.310 e. The van der Waals surface area contributed by atoms with Crippen LogP contribution in [0, 0.1) is 6.92 Å². The number of rotatable bonds is 3. The highest BCUT2D eigenvalue weighted by molar-refractivity contribution is 6.30. The van der Waals surface area contributed by atoms with Crippen LogP contribution in [0.5, 0.6) is 0 Å². The molecule has 2 heteroatoms. The summed E-state index contributed by atoms with van der Waals surface area (Å²) in [5.74, 6) is 0. The zero-order chi connectivity index (χ0) is 13.7. The van der Waals surface area contributed by atoms with Gasteiger partial charge in [0, 0.05) is 5.02 Å². The van der Waals surface area contributed by atoms with E-state index in [0.717, 1.165) is 5.02 Å². The molecule has 1 aliphatic rings. The van der Waals surface area contributed by atoms with Crippen LogP contribution in [0.25, 0.3) is 0 Å². The van der Waals surface area contributed by atoms with E-state index in [-0.39, 0.29) is 0 Å². The summed E-state index contributed by atoms with van der Waals surface area (Å²) >= 11 is 6.17. The highest BCUT2D eigenvalue weighted by Crippen LogP contribution is 2.31. The molecule has 1 atom stereocenters. The average molecular weight is 278 g/mol. The fourth-order valence-corrected chi connectivity index (χ4v) is 3.12. The summed E-state index contributed by atoms with van der Waals surface area (Å²) in [6.45, 7) is 2.17. The molecule has 0 fully saturated rings. The molecule has 0 saturated heterocycles. The maximum absolute atomic E-state index is 6.17. The van der Waals surface area contributed by atoms with Gasteiger partial charge in [-0.2, -0.15) is 0 Å². The number of hydrogen-bond donors (Lipinski definition) is 1. The Hall–Kier alpha value is -0.790. The smallest absolute Gasteiger partial charge is 0.0536 e. The van der Waals surface area contributed by atoms with E-state index in [4.69, 9.17) is 11.6 Å². The quantitative estimate of drug-likeness (QED) is 0.750. The summed E-state index contributed by atoms with van der Waals surface area (Å²) in [4.78, 5) is 0. The number of nitrogens with one attached hydrogen (secondary N) is 1. The molecule has 0 saturated carbocycles. The number of hydrogen-bond acceptors (Lipinski definition) is 1. The van der Waals surface area contributed by atoms with Crippen LogP contribution in [0.4, 0.5) is 0 Å². The first-order valence-corrected chi connectivity index (χ1v) is 7.72. The minimum atomic E-state index is 0.316. The third kappa shape index (κ3) is 3.84. The SMILES string of the molecule is CNC(/C1=C/CCCCCC1)c1cc(Cl)ccc1C. The van der Waals surface area contributed by atoms with Gasteiger partial charge in [0.15, 0.2) is 0 Å². The van der Waals surface area contributed by atoms with Gasteiger partial charge in [-0.1, -0.05) is 42.2 Å². The highest BCUT2D eigenvalue weighted by atomic mass is 35.5. The van der Waals surface area contributed by atoms with Gasteiger partial charge in [0.1, 0.15) is 0 Å². The van der Waals surface area contributed by atoms with Crippen LogP contribution >= 0.6 is 11.6 Å². The Kier molecular flexibility index (Phi) is 5.47. The Bertz CT molecular complexity index is 451. The molecule has 0 spiro atoms. The predicted octanol–water partition coefficient (Wildman–Crippen LogP) is 5.19. The number of aryl methyl sites for hydroxylation is 1. The lowest BCUT2D eigenvalue weighted by Crippen LogP contribution is -2.20. The number of halogens is 1. The van der Waals surface area contributed by atoms with Gasteiger partial charge < -0.3 is 5.32 Å². The van der Waals surface area contributed by atoms with Crippen molar-refractivity contribution in [1.82, 2.24) is 5.32 Å². The normalized spacial score (nSPS) is 21.1. The van der Waals surface area contributed by atoms with E-state index in [2.05, 4.69) is 30.4 Å². The molecule has 1 aromatic carbocycles. The molecule has 1 nitrogen and oxygen atoms in total. The lowest BCUT2D eigenvalue weighted by molar-refractivity contribution is 0.572. The Morgan fingerprint density at radius 3 is 2.74 bits per heavy atom. The van der Waals surface area contributed by atoms with Crippen LogP contribution in [-0.4, -0.2) is 7.05 Å². The molecule has 104 valence electrons. The molecular weight excluding hydrogens is 254 g/mol. The minimum absolute atomic E-state index is 0.316. The molecule has 0 aliphatic heterocycles. The molecule has 0 bridgehead atoms. The number of likely N-dealkylation sites (N-methyl/N-ethyl adjacent to an activating group) is 1. The first kappa shape index (κ1) is 14.6. The highest BCUT2D eigenvalue weighted by Gasteiger charge is 2.17. The fraction of sp³-hybridized carbons (Fsp3) is 0.529. The summed E-state index contributed by atoms with van der Waals surface area (Å²) in [5, 5.41) is 4.30. The van der Waals surface area contributed by atoms with Crippen LogP contribution in [-0.2, 0) is 0 Å². The van der Waals surface area contributed by atoms with Gasteiger partial charge >= 0.3 is 0 Å². The van der Waals surface area contributed by atoms with Gasteiger partial charge in [0.2, 0.25) is 0 Å². The summed E-state index contributed by atoms with van der Waals surface area (Å²) < 4.78 is 0. The van der Waals surface area contributed by atoms with Crippen molar-refractivity contribution >= 4 is 11.6 Å². The van der Waals surface area contributed by atoms with Crippen LogP contribution in [0.1, 0.15) is 55.7 Å². The molecular formula is C17H24ClN. The van der Waals surface area contributed by atoms with E-state index < -0.39 is 0 Å². The summed E-state index contributed by atoms with van der Waals surface area (Å²) in [6.07, 6.45) is 10.2. The van der Waals surface area contributed by atoms with E-state index in [9.17, 15) is 0 Å². The van der Waals surface area contributed by atoms with Gasteiger partial charge in [-0.15, -0.1) is 0 Å². The van der Waals surface area contributed by atoms with Gasteiger partial charge in [-0.25, -0.2) is 0 Å². The third-order valence-electron chi connectivity index (χ3n) is 4.04. The zero-order valence-electron chi connectivity index (χ0n) is 12.0. The van der Waals surface area contributed by atoms with Crippen molar-refractivity contribution in [2.75, 3.05) is 7.05 Å². The first-order valence-electron chi connectivity index (χ1n) is 7.34. The predicted molar refractivity (Wildman–Crippen MR) is 83.8 cm³/mol. The van der Waals surface area contributed by atoms with E-state index in [0.29, 0.717) is 6.04 Å². The summed E-state index contributed by atoms with van der Waals surface area (Å²) in [6, 6.07) is 6.51. The van der Waals surface area contributed by atoms with Crippen LogP contribution in [0.2, 0.25) is 5.02 Å². The van der Waals surface area contributed by atoms with Crippen molar-refractivity contribution in [2.24, 2.45) is 0 Å². The Morgan fingerprint density at radius 2 is 1.95 bits per heavy atom. The Balaban J connectivity index is 2.29. The molecule has 1 unspecified atom stereocenters. The van der Waals surface area contributed by atoms with Crippen LogP contribution < -0.4 is 5.32 Å². The van der Waals surface area contributed by atoms with Gasteiger partial charge in [-0.05, 0) is 62.9 Å². The van der Waals surface area contributed by atoms with E-state index >= 15 is 0 Å².